The van der Waals surface area contributed by atoms with Gasteiger partial charge in [-0.1, -0.05) is 32.9 Å². The van der Waals surface area contributed by atoms with Crippen molar-refractivity contribution in [3.8, 4) is 0 Å². The van der Waals surface area contributed by atoms with Crippen LogP contribution in [-0.4, -0.2) is 26.1 Å². The number of allylic oxidation sites excluding steroid dienone is 1. The van der Waals surface area contributed by atoms with Gasteiger partial charge in [-0.25, -0.2) is 0 Å². The molecule has 22 heavy (non-hydrogen) atoms. The molecule has 3 fully saturated rings. The second kappa shape index (κ2) is 6.07. The molecule has 3 aliphatic rings. The van der Waals surface area contributed by atoms with Gasteiger partial charge in [0, 0.05) is 6.61 Å². The first-order chi connectivity index (χ1) is 9.97. The lowest BCUT2D eigenvalue weighted by Gasteiger charge is -2.55. The minimum Gasteiger partial charge on any atom is -0.416 e. The summed E-state index contributed by atoms with van der Waals surface area (Å²) in [7, 11) is -1.72. The van der Waals surface area contributed by atoms with Crippen molar-refractivity contribution in [2.24, 2.45) is 17.3 Å². The summed E-state index contributed by atoms with van der Waals surface area (Å²) in [6.45, 7) is 18.7. The Bertz CT molecular complexity index is 422. The maximum Gasteiger partial charge on any atom is 0.192 e. The Balaban J connectivity index is 2.14. The van der Waals surface area contributed by atoms with E-state index in [1.165, 1.54) is 24.8 Å². The van der Waals surface area contributed by atoms with Gasteiger partial charge in [0.15, 0.2) is 8.32 Å². The monoisotopic (exact) mass is 324 g/mol. The van der Waals surface area contributed by atoms with Crippen LogP contribution in [0.2, 0.25) is 18.1 Å². The molecule has 1 N–H and O–H groups in total. The van der Waals surface area contributed by atoms with Gasteiger partial charge in [0.05, 0.1) is 6.10 Å². The van der Waals surface area contributed by atoms with Gasteiger partial charge in [-0.15, -0.1) is 0 Å². The molecular weight excluding hydrogens is 288 g/mol. The summed E-state index contributed by atoms with van der Waals surface area (Å²) < 4.78 is 6.63. The van der Waals surface area contributed by atoms with E-state index in [0.717, 1.165) is 19.4 Å². The lowest BCUT2D eigenvalue weighted by Crippen LogP contribution is -2.50. The molecule has 3 aliphatic carbocycles. The Morgan fingerprint density at radius 2 is 2.05 bits per heavy atom. The average Bonchev–Trinajstić information content (AvgIpc) is 2.36. The van der Waals surface area contributed by atoms with Crippen LogP contribution in [0.5, 0.6) is 0 Å². The number of hydrogen-bond acceptors (Lipinski definition) is 2. The zero-order valence-electron chi connectivity index (χ0n) is 15.5. The van der Waals surface area contributed by atoms with E-state index in [4.69, 9.17) is 4.43 Å². The molecule has 0 amide bonds. The molecule has 4 atom stereocenters. The molecule has 0 aromatic rings. The molecular formula is C19H36O2Si. The molecule has 2 nitrogen and oxygen atoms in total. The maximum absolute atomic E-state index is 9.92. The van der Waals surface area contributed by atoms with E-state index >= 15 is 0 Å². The van der Waals surface area contributed by atoms with Gasteiger partial charge in [-0.3, -0.25) is 0 Å². The number of hydrogen-bond donors (Lipinski definition) is 1. The highest BCUT2D eigenvalue weighted by Crippen LogP contribution is 2.57. The fraction of sp³-hybridized carbons (Fsp3) is 0.895. The molecule has 1 unspecified atom stereocenters. The number of rotatable bonds is 5. The molecule has 0 aromatic heterocycles. The summed E-state index contributed by atoms with van der Waals surface area (Å²) >= 11 is 0. The Morgan fingerprint density at radius 3 is 2.55 bits per heavy atom. The SMILES string of the molecule is C=C1C[C@]2(CO[Si](C)(C)C(C)(C)C)CC[C@H]1C[C@H]2CC(C)O. The summed E-state index contributed by atoms with van der Waals surface area (Å²) in [6, 6.07) is 0. The van der Waals surface area contributed by atoms with E-state index in [-0.39, 0.29) is 16.6 Å². The van der Waals surface area contributed by atoms with E-state index in [9.17, 15) is 5.11 Å². The smallest absolute Gasteiger partial charge is 0.192 e. The first kappa shape index (κ1) is 18.2. The van der Waals surface area contributed by atoms with Gasteiger partial charge in [-0.2, -0.15) is 0 Å². The molecule has 3 heteroatoms. The molecule has 0 spiro atoms. The first-order valence-corrected chi connectivity index (χ1v) is 11.9. The minimum absolute atomic E-state index is 0.206. The third-order valence-corrected chi connectivity index (χ3v) is 11.2. The van der Waals surface area contributed by atoms with Crippen molar-refractivity contribution >= 4 is 8.32 Å². The Hall–Kier alpha value is -0.123. The van der Waals surface area contributed by atoms with Crippen LogP contribution in [0.4, 0.5) is 0 Å². The van der Waals surface area contributed by atoms with Gasteiger partial charge in [0.1, 0.15) is 0 Å². The van der Waals surface area contributed by atoms with E-state index in [2.05, 4.69) is 40.4 Å². The van der Waals surface area contributed by atoms with Gasteiger partial charge in [0.25, 0.3) is 0 Å². The van der Waals surface area contributed by atoms with Gasteiger partial charge < -0.3 is 9.53 Å². The first-order valence-electron chi connectivity index (χ1n) is 8.96. The zero-order chi connectivity index (χ0) is 16.8. The molecule has 3 saturated carbocycles. The van der Waals surface area contributed by atoms with Gasteiger partial charge in [0.2, 0.25) is 0 Å². The molecule has 0 aromatic carbocycles. The minimum atomic E-state index is -1.72. The highest BCUT2D eigenvalue weighted by Gasteiger charge is 2.50. The van der Waals surface area contributed by atoms with Crippen molar-refractivity contribution in [3.63, 3.8) is 0 Å². The molecule has 128 valence electrons. The highest BCUT2D eigenvalue weighted by atomic mass is 28.4. The fourth-order valence-electron chi connectivity index (χ4n) is 4.12. The van der Waals surface area contributed by atoms with Crippen LogP contribution in [0.3, 0.4) is 0 Å². The van der Waals surface area contributed by atoms with Crippen LogP contribution >= 0.6 is 0 Å². The largest absolute Gasteiger partial charge is 0.416 e. The fourth-order valence-corrected chi connectivity index (χ4v) is 5.20. The van der Waals surface area contributed by atoms with Gasteiger partial charge >= 0.3 is 0 Å². The predicted molar refractivity (Wildman–Crippen MR) is 96.5 cm³/mol. The third kappa shape index (κ3) is 3.52. The standard InChI is InChI=1S/C19H36O2Si/c1-14-12-19(13-21-22(6,7)18(3,4)5)9-8-16(14)11-17(19)10-15(2)20/h15-17,20H,1,8-13H2,2-7H3/t15?,16-,17+,19-/m0/s1. The van der Waals surface area contributed by atoms with Crippen molar-refractivity contribution < 1.29 is 9.53 Å². The van der Waals surface area contributed by atoms with Crippen LogP contribution < -0.4 is 0 Å². The zero-order valence-corrected chi connectivity index (χ0v) is 16.5. The topological polar surface area (TPSA) is 29.5 Å². The van der Waals surface area contributed by atoms with Crippen molar-refractivity contribution in [1.29, 1.82) is 0 Å². The maximum atomic E-state index is 9.92. The van der Waals surface area contributed by atoms with E-state index < -0.39 is 8.32 Å². The number of fused-ring (bicyclic) bond motifs is 3. The lowest BCUT2D eigenvalue weighted by atomic mass is 9.53. The summed E-state index contributed by atoms with van der Waals surface area (Å²) in [5.41, 5.74) is 1.67. The quantitative estimate of drug-likeness (QED) is 0.560. The number of aliphatic hydroxyl groups is 1. The Labute approximate surface area is 138 Å². The van der Waals surface area contributed by atoms with Crippen molar-refractivity contribution in [3.05, 3.63) is 12.2 Å². The number of aliphatic hydroxyl groups excluding tert-OH is 1. The van der Waals surface area contributed by atoms with E-state index in [1.54, 1.807) is 0 Å². The van der Waals surface area contributed by atoms with Gasteiger partial charge in [-0.05, 0) is 74.4 Å². The second-order valence-electron chi connectivity index (χ2n) is 9.50. The normalized spacial score (nSPS) is 34.0. The average molecular weight is 325 g/mol. The Kier molecular flexibility index (Phi) is 5.02. The third-order valence-electron chi connectivity index (χ3n) is 6.73. The molecule has 0 heterocycles. The van der Waals surface area contributed by atoms with Crippen LogP contribution in [0.25, 0.3) is 0 Å². The lowest BCUT2D eigenvalue weighted by molar-refractivity contribution is -0.0338. The molecule has 3 rings (SSSR count). The highest BCUT2D eigenvalue weighted by molar-refractivity contribution is 6.74. The predicted octanol–water partition coefficient (Wildman–Crippen LogP) is 5.14. The van der Waals surface area contributed by atoms with E-state index in [0.29, 0.717) is 11.8 Å². The Morgan fingerprint density at radius 1 is 1.41 bits per heavy atom. The summed E-state index contributed by atoms with van der Waals surface area (Å²) in [5.74, 6) is 1.29. The molecule has 0 aliphatic heterocycles. The van der Waals surface area contributed by atoms with Crippen LogP contribution in [-0.2, 0) is 4.43 Å². The van der Waals surface area contributed by atoms with Crippen LogP contribution in [0.1, 0.15) is 59.8 Å². The summed E-state index contributed by atoms with van der Waals surface area (Å²) in [5, 5.41) is 10.2. The van der Waals surface area contributed by atoms with Crippen LogP contribution in [0.15, 0.2) is 12.2 Å². The summed E-state index contributed by atoms with van der Waals surface area (Å²) in [6.07, 6.45) is 5.57. The summed E-state index contributed by atoms with van der Waals surface area (Å²) in [4.78, 5) is 0. The van der Waals surface area contributed by atoms with Crippen molar-refractivity contribution in [2.75, 3.05) is 6.61 Å². The molecule has 0 saturated heterocycles. The molecule has 2 bridgehead atoms. The second-order valence-corrected chi connectivity index (χ2v) is 14.3. The van der Waals surface area contributed by atoms with Crippen molar-refractivity contribution in [1.82, 2.24) is 0 Å². The van der Waals surface area contributed by atoms with Crippen LogP contribution in [0, 0.1) is 17.3 Å². The van der Waals surface area contributed by atoms with E-state index in [1.807, 2.05) is 6.92 Å². The molecule has 0 radical (unpaired) electrons. The van der Waals surface area contributed by atoms with Crippen molar-refractivity contribution in [2.45, 2.75) is 84.0 Å².